The summed E-state index contributed by atoms with van der Waals surface area (Å²) in [6.45, 7) is 1.87. The van der Waals surface area contributed by atoms with Gasteiger partial charge in [0.1, 0.15) is 18.8 Å². The van der Waals surface area contributed by atoms with Crippen molar-refractivity contribution in [3.8, 4) is 11.5 Å². The van der Waals surface area contributed by atoms with Crippen molar-refractivity contribution in [2.24, 2.45) is 0 Å². The Bertz CT molecular complexity index is 944. The van der Waals surface area contributed by atoms with Gasteiger partial charge in [0.2, 0.25) is 0 Å². The lowest BCUT2D eigenvalue weighted by molar-refractivity contribution is 0.0705. The minimum atomic E-state index is -0.0569. The van der Waals surface area contributed by atoms with Crippen molar-refractivity contribution in [2.75, 3.05) is 19.8 Å². The van der Waals surface area contributed by atoms with Gasteiger partial charge in [-0.1, -0.05) is 24.3 Å². The third-order valence-electron chi connectivity index (χ3n) is 5.10. The third-order valence-corrected chi connectivity index (χ3v) is 5.10. The molecule has 1 unspecified atom stereocenters. The lowest BCUT2D eigenvalue weighted by Crippen LogP contribution is -2.30. The molecule has 2 aliphatic rings. The summed E-state index contributed by atoms with van der Waals surface area (Å²) < 4.78 is 17.1. The number of furan rings is 1. The fraction of sp³-hybridized carbons (Fsp3) is 0.286. The van der Waals surface area contributed by atoms with E-state index >= 15 is 0 Å². The molecule has 5 heteroatoms. The first-order chi connectivity index (χ1) is 12.8. The predicted octanol–water partition coefficient (Wildman–Crippen LogP) is 4.18. The van der Waals surface area contributed by atoms with Crippen LogP contribution in [0.3, 0.4) is 0 Å². The van der Waals surface area contributed by atoms with E-state index in [0.29, 0.717) is 19.0 Å². The van der Waals surface area contributed by atoms with Crippen LogP contribution in [0.25, 0.3) is 11.0 Å². The van der Waals surface area contributed by atoms with Gasteiger partial charge in [0.15, 0.2) is 17.3 Å². The van der Waals surface area contributed by atoms with Crippen molar-refractivity contribution in [3.63, 3.8) is 0 Å². The Morgan fingerprint density at radius 2 is 1.85 bits per heavy atom. The van der Waals surface area contributed by atoms with Crippen molar-refractivity contribution in [1.29, 1.82) is 0 Å². The van der Waals surface area contributed by atoms with Crippen molar-refractivity contribution < 1.29 is 18.7 Å². The number of rotatable bonds is 2. The first-order valence-electron chi connectivity index (χ1n) is 8.99. The van der Waals surface area contributed by atoms with E-state index in [4.69, 9.17) is 13.9 Å². The van der Waals surface area contributed by atoms with Crippen molar-refractivity contribution in [1.82, 2.24) is 4.90 Å². The van der Waals surface area contributed by atoms with E-state index in [1.54, 1.807) is 0 Å². The van der Waals surface area contributed by atoms with Gasteiger partial charge in [-0.3, -0.25) is 4.79 Å². The summed E-state index contributed by atoms with van der Waals surface area (Å²) in [5.41, 5.74) is 1.82. The highest BCUT2D eigenvalue weighted by atomic mass is 16.6. The summed E-state index contributed by atoms with van der Waals surface area (Å²) in [6, 6.07) is 15.5. The number of benzene rings is 2. The smallest absolute Gasteiger partial charge is 0.290 e. The summed E-state index contributed by atoms with van der Waals surface area (Å²) in [7, 11) is 0. The lowest BCUT2D eigenvalue weighted by atomic mass is 10.0. The van der Waals surface area contributed by atoms with Gasteiger partial charge in [-0.05, 0) is 42.7 Å². The average molecular weight is 349 g/mol. The van der Waals surface area contributed by atoms with Gasteiger partial charge in [0.05, 0.1) is 6.04 Å². The molecule has 3 heterocycles. The van der Waals surface area contributed by atoms with Crippen LogP contribution < -0.4 is 9.47 Å². The number of nitrogens with zero attached hydrogens (tertiary/aromatic N) is 1. The molecule has 1 fully saturated rings. The fourth-order valence-corrected chi connectivity index (χ4v) is 3.85. The SMILES string of the molecule is O=C(c1cc2ccccc2o1)N1CCCC1c1ccc2c(c1)OCCO2. The number of carbonyl (C=O) groups is 1. The van der Waals surface area contributed by atoms with Crippen LogP contribution in [-0.2, 0) is 0 Å². The second-order valence-electron chi connectivity index (χ2n) is 6.71. The van der Waals surface area contributed by atoms with Crippen molar-refractivity contribution >= 4 is 16.9 Å². The van der Waals surface area contributed by atoms with Gasteiger partial charge < -0.3 is 18.8 Å². The maximum atomic E-state index is 13.1. The maximum absolute atomic E-state index is 13.1. The summed E-state index contributed by atoms with van der Waals surface area (Å²) in [5.74, 6) is 1.87. The standard InChI is InChI=1S/C21H19NO4/c23-21(20-13-15-4-1-2-6-17(15)26-20)22-9-3-5-16(22)14-7-8-18-19(12-14)25-11-10-24-18/h1-2,4,6-8,12-13,16H,3,5,9-11H2. The van der Waals surface area contributed by atoms with E-state index < -0.39 is 0 Å². The Kier molecular flexibility index (Phi) is 3.59. The molecule has 0 spiro atoms. The third kappa shape index (κ3) is 2.51. The molecule has 2 aromatic carbocycles. The molecule has 0 aliphatic carbocycles. The predicted molar refractivity (Wildman–Crippen MR) is 96.7 cm³/mol. The van der Waals surface area contributed by atoms with Gasteiger partial charge in [-0.2, -0.15) is 0 Å². The Morgan fingerprint density at radius 3 is 2.73 bits per heavy atom. The van der Waals surface area contributed by atoms with Crippen LogP contribution in [0.1, 0.15) is 35.0 Å². The highest BCUT2D eigenvalue weighted by molar-refractivity contribution is 5.96. The number of hydrogen-bond acceptors (Lipinski definition) is 4. The van der Waals surface area contributed by atoms with Crippen LogP contribution in [0.5, 0.6) is 11.5 Å². The largest absolute Gasteiger partial charge is 0.486 e. The molecule has 0 bridgehead atoms. The van der Waals surface area contributed by atoms with Crippen LogP contribution in [0.2, 0.25) is 0 Å². The van der Waals surface area contributed by atoms with Gasteiger partial charge in [-0.25, -0.2) is 0 Å². The van der Waals surface area contributed by atoms with Crippen LogP contribution in [0.15, 0.2) is 52.9 Å². The van der Waals surface area contributed by atoms with Crippen LogP contribution >= 0.6 is 0 Å². The Hall–Kier alpha value is -2.95. The minimum absolute atomic E-state index is 0.0338. The van der Waals surface area contributed by atoms with Crippen LogP contribution in [0.4, 0.5) is 0 Å². The zero-order valence-electron chi connectivity index (χ0n) is 14.3. The topological polar surface area (TPSA) is 51.9 Å². The summed E-state index contributed by atoms with van der Waals surface area (Å²) in [4.78, 5) is 15.0. The summed E-state index contributed by atoms with van der Waals surface area (Å²) in [6.07, 6.45) is 1.91. The number of carbonyl (C=O) groups excluding carboxylic acids is 1. The summed E-state index contributed by atoms with van der Waals surface area (Å²) >= 11 is 0. The number of fused-ring (bicyclic) bond motifs is 2. The van der Waals surface area contributed by atoms with E-state index in [2.05, 4.69) is 0 Å². The first kappa shape index (κ1) is 15.3. The minimum Gasteiger partial charge on any atom is -0.486 e. The molecular weight excluding hydrogens is 330 g/mol. The number of para-hydroxylation sites is 1. The van der Waals surface area contributed by atoms with Gasteiger partial charge >= 0.3 is 0 Å². The fourth-order valence-electron chi connectivity index (χ4n) is 3.85. The lowest BCUT2D eigenvalue weighted by Gasteiger charge is -2.26. The zero-order valence-corrected chi connectivity index (χ0v) is 14.3. The monoisotopic (exact) mass is 349 g/mol. The number of likely N-dealkylation sites (tertiary alicyclic amines) is 1. The molecule has 5 rings (SSSR count). The Morgan fingerprint density at radius 1 is 1.00 bits per heavy atom. The molecule has 1 atom stereocenters. The summed E-state index contributed by atoms with van der Waals surface area (Å²) in [5, 5.41) is 0.950. The molecule has 26 heavy (non-hydrogen) atoms. The molecule has 1 aromatic heterocycles. The molecular formula is C21H19NO4. The van der Waals surface area contributed by atoms with Gasteiger partial charge in [0.25, 0.3) is 5.91 Å². The first-order valence-corrected chi connectivity index (χ1v) is 8.99. The molecule has 0 radical (unpaired) electrons. The van der Waals surface area contributed by atoms with E-state index in [0.717, 1.165) is 47.4 Å². The van der Waals surface area contributed by atoms with Crippen molar-refractivity contribution in [3.05, 3.63) is 59.9 Å². The number of ether oxygens (including phenoxy) is 2. The number of amides is 1. The van der Waals surface area contributed by atoms with Crippen LogP contribution in [-0.4, -0.2) is 30.6 Å². The maximum Gasteiger partial charge on any atom is 0.290 e. The second-order valence-corrected chi connectivity index (χ2v) is 6.71. The molecule has 3 aromatic rings. The highest BCUT2D eigenvalue weighted by Crippen LogP contribution is 2.39. The van der Waals surface area contributed by atoms with E-state index in [9.17, 15) is 4.79 Å². The average Bonchev–Trinajstić information content (AvgIpc) is 3.34. The molecule has 2 aliphatic heterocycles. The number of hydrogen-bond donors (Lipinski definition) is 0. The molecule has 1 amide bonds. The van der Waals surface area contributed by atoms with Crippen molar-refractivity contribution in [2.45, 2.75) is 18.9 Å². The van der Waals surface area contributed by atoms with E-state index in [1.165, 1.54) is 0 Å². The molecule has 0 saturated carbocycles. The highest BCUT2D eigenvalue weighted by Gasteiger charge is 2.33. The van der Waals surface area contributed by atoms with E-state index in [1.807, 2.05) is 53.4 Å². The normalized spacial score (nSPS) is 19.1. The zero-order chi connectivity index (χ0) is 17.5. The molecule has 1 saturated heterocycles. The Balaban J connectivity index is 1.45. The quantitative estimate of drug-likeness (QED) is 0.696. The second kappa shape index (κ2) is 6.09. The molecule has 0 N–H and O–H groups in total. The van der Waals surface area contributed by atoms with Gasteiger partial charge in [-0.15, -0.1) is 0 Å². The molecule has 132 valence electrons. The molecule has 5 nitrogen and oxygen atoms in total. The van der Waals surface area contributed by atoms with Gasteiger partial charge in [0, 0.05) is 11.9 Å². The van der Waals surface area contributed by atoms with E-state index in [-0.39, 0.29) is 11.9 Å². The Labute approximate surface area is 151 Å². The van der Waals surface area contributed by atoms with Crippen LogP contribution in [0, 0.1) is 0 Å².